The molecule has 2 rings (SSSR count). The monoisotopic (exact) mass is 432 g/mol. The molecule has 1 aromatic rings. The second-order valence-electron chi connectivity index (χ2n) is 8.33. The summed E-state index contributed by atoms with van der Waals surface area (Å²) < 4.78 is 60.8. The van der Waals surface area contributed by atoms with Gasteiger partial charge in [-0.15, -0.1) is 0 Å². The van der Waals surface area contributed by atoms with Gasteiger partial charge < -0.3 is 4.43 Å². The molecule has 0 aliphatic heterocycles. The Morgan fingerprint density at radius 2 is 1.59 bits per heavy atom. The molecule has 0 spiro atoms. The van der Waals surface area contributed by atoms with Gasteiger partial charge in [0.2, 0.25) is 9.84 Å². The molecule has 1 aliphatic carbocycles. The first-order valence-corrected chi connectivity index (χ1v) is 14.9. The third-order valence-electron chi connectivity index (χ3n) is 5.02. The minimum absolute atomic E-state index is 0.0529. The van der Waals surface area contributed by atoms with E-state index in [9.17, 15) is 16.8 Å². The number of rotatable bonds is 6. The highest BCUT2D eigenvalue weighted by atomic mass is 32.2. The molecule has 0 N–H and O–H groups in total. The van der Waals surface area contributed by atoms with Gasteiger partial charge in [0, 0.05) is 6.42 Å². The highest BCUT2D eigenvalue weighted by Crippen LogP contribution is 2.41. The molecule has 0 amide bonds. The fourth-order valence-electron chi connectivity index (χ4n) is 2.62. The molecule has 6 nitrogen and oxygen atoms in total. The smallest absolute Gasteiger partial charge is 0.264 e. The van der Waals surface area contributed by atoms with Crippen LogP contribution >= 0.6 is 0 Å². The normalized spacial score (nSPS) is 21.9. The van der Waals surface area contributed by atoms with Gasteiger partial charge in [-0.25, -0.2) is 8.42 Å². The Morgan fingerprint density at radius 3 is 2.07 bits per heavy atom. The first-order chi connectivity index (χ1) is 12.1. The minimum Gasteiger partial charge on any atom is -0.410 e. The van der Waals surface area contributed by atoms with Gasteiger partial charge in [0.15, 0.2) is 8.32 Å². The molecule has 0 aromatic heterocycles. The van der Waals surface area contributed by atoms with Crippen molar-refractivity contribution in [1.82, 2.24) is 0 Å². The van der Waals surface area contributed by atoms with Crippen LogP contribution in [-0.4, -0.2) is 43.6 Å². The third kappa shape index (κ3) is 5.29. The van der Waals surface area contributed by atoms with Gasteiger partial charge in [0.1, 0.15) is 6.10 Å². The van der Waals surface area contributed by atoms with Crippen molar-refractivity contribution in [2.45, 2.75) is 62.4 Å². The van der Waals surface area contributed by atoms with Crippen LogP contribution in [0.1, 0.15) is 27.2 Å². The number of hydrogen-bond acceptors (Lipinski definition) is 6. The van der Waals surface area contributed by atoms with E-state index in [0.29, 0.717) is 0 Å². The van der Waals surface area contributed by atoms with Crippen LogP contribution in [0.2, 0.25) is 18.1 Å². The Hall–Kier alpha value is -1.00. The number of benzene rings is 1. The van der Waals surface area contributed by atoms with Crippen LogP contribution in [0.15, 0.2) is 46.2 Å². The maximum atomic E-state index is 13.1. The van der Waals surface area contributed by atoms with Crippen molar-refractivity contribution in [2.75, 3.05) is 6.26 Å². The van der Waals surface area contributed by atoms with Crippen LogP contribution < -0.4 is 0 Å². The van der Waals surface area contributed by atoms with Crippen LogP contribution in [0.4, 0.5) is 0 Å². The maximum absolute atomic E-state index is 13.1. The first kappa shape index (κ1) is 22.3. The lowest BCUT2D eigenvalue weighted by Gasteiger charge is -2.38. The van der Waals surface area contributed by atoms with Crippen LogP contribution in [-0.2, 0) is 28.6 Å². The molecule has 0 saturated carbocycles. The predicted octanol–water partition coefficient (Wildman–Crippen LogP) is 3.48. The molecule has 27 heavy (non-hydrogen) atoms. The first-order valence-electron chi connectivity index (χ1n) is 8.71. The molecule has 152 valence electrons. The molecule has 0 radical (unpaired) electrons. The van der Waals surface area contributed by atoms with E-state index in [0.717, 1.165) is 6.26 Å². The predicted molar refractivity (Wildman–Crippen MR) is 108 cm³/mol. The van der Waals surface area contributed by atoms with Crippen molar-refractivity contribution in [3.63, 3.8) is 0 Å². The van der Waals surface area contributed by atoms with E-state index >= 15 is 0 Å². The Kier molecular flexibility index (Phi) is 6.14. The van der Waals surface area contributed by atoms with Crippen molar-refractivity contribution >= 4 is 28.3 Å². The van der Waals surface area contributed by atoms with Crippen molar-refractivity contribution in [3.8, 4) is 0 Å². The quantitative estimate of drug-likeness (QED) is 0.505. The summed E-state index contributed by atoms with van der Waals surface area (Å²) in [6, 6.07) is 7.93. The largest absolute Gasteiger partial charge is 0.410 e. The lowest BCUT2D eigenvalue weighted by Crippen LogP contribution is -2.43. The zero-order valence-electron chi connectivity index (χ0n) is 16.6. The second-order valence-corrected chi connectivity index (χ2v) is 16.6. The highest BCUT2D eigenvalue weighted by molar-refractivity contribution is 7.95. The van der Waals surface area contributed by atoms with Gasteiger partial charge in [0.05, 0.1) is 22.2 Å². The summed E-state index contributed by atoms with van der Waals surface area (Å²) in [5.74, 6) is 0. The zero-order chi connectivity index (χ0) is 20.7. The molecule has 0 heterocycles. The van der Waals surface area contributed by atoms with Gasteiger partial charge >= 0.3 is 0 Å². The molecule has 0 unspecified atom stereocenters. The Bertz CT molecular complexity index is 912. The lowest BCUT2D eigenvalue weighted by atomic mass is 10.2. The molecular formula is C18H28O6S2Si. The number of sulfone groups is 1. The van der Waals surface area contributed by atoms with Crippen molar-refractivity contribution in [1.29, 1.82) is 0 Å². The van der Waals surface area contributed by atoms with E-state index in [1.165, 1.54) is 18.2 Å². The van der Waals surface area contributed by atoms with E-state index < -0.39 is 40.5 Å². The second kappa shape index (κ2) is 7.44. The Balaban J connectivity index is 2.43. The lowest BCUT2D eigenvalue weighted by molar-refractivity contribution is 0.172. The molecule has 0 bridgehead atoms. The third-order valence-corrected chi connectivity index (χ3v) is 12.0. The van der Waals surface area contributed by atoms with E-state index in [2.05, 4.69) is 33.9 Å². The zero-order valence-corrected chi connectivity index (χ0v) is 19.2. The fourth-order valence-corrected chi connectivity index (χ4v) is 6.17. The molecule has 0 fully saturated rings. The van der Waals surface area contributed by atoms with Gasteiger partial charge in [-0.2, -0.15) is 8.42 Å². The standard InChI is InChI=1S/C18H28O6S2Si/c1-18(2,3)27(5,6)24-14-12-16(23-25(4,19)20)17(13-14)26(21,22)15-10-8-7-9-11-15/h7-11,13-14,16H,12H2,1-6H3/t14-,16-/m1/s1. The molecule has 9 heteroatoms. The maximum Gasteiger partial charge on any atom is 0.264 e. The van der Waals surface area contributed by atoms with Crippen LogP contribution in [0.5, 0.6) is 0 Å². The summed E-state index contributed by atoms with van der Waals surface area (Å²) in [5, 5.41) is -0.0604. The van der Waals surface area contributed by atoms with Crippen LogP contribution in [0, 0.1) is 0 Å². The molecule has 2 atom stereocenters. The van der Waals surface area contributed by atoms with Gasteiger partial charge in [-0.3, -0.25) is 4.18 Å². The van der Waals surface area contributed by atoms with Crippen molar-refractivity contribution in [2.24, 2.45) is 0 Å². The summed E-state index contributed by atoms with van der Waals surface area (Å²) in [6.07, 6.45) is 0.993. The molecular weight excluding hydrogens is 404 g/mol. The van der Waals surface area contributed by atoms with E-state index in [-0.39, 0.29) is 21.3 Å². The summed E-state index contributed by atoms with van der Waals surface area (Å²) in [5.41, 5.74) is 0. The summed E-state index contributed by atoms with van der Waals surface area (Å²) in [7, 11) is -9.88. The molecule has 0 saturated heterocycles. The average Bonchev–Trinajstić information content (AvgIpc) is 2.87. The van der Waals surface area contributed by atoms with Crippen LogP contribution in [0.3, 0.4) is 0 Å². The van der Waals surface area contributed by atoms with Crippen molar-refractivity contribution in [3.05, 3.63) is 41.3 Å². The molecule has 1 aliphatic rings. The summed E-state index contributed by atoms with van der Waals surface area (Å²) >= 11 is 0. The molecule has 1 aromatic carbocycles. The summed E-state index contributed by atoms with van der Waals surface area (Å²) in [6.45, 7) is 10.4. The topological polar surface area (TPSA) is 86.7 Å². The van der Waals surface area contributed by atoms with E-state index in [4.69, 9.17) is 8.61 Å². The Labute approximate surface area is 163 Å². The van der Waals surface area contributed by atoms with Gasteiger partial charge in [0.25, 0.3) is 10.1 Å². The highest BCUT2D eigenvalue weighted by Gasteiger charge is 2.44. The van der Waals surface area contributed by atoms with Gasteiger partial charge in [-0.1, -0.05) is 39.0 Å². The minimum atomic E-state index is -3.88. The number of hydrogen-bond donors (Lipinski definition) is 0. The van der Waals surface area contributed by atoms with E-state index in [1.807, 2.05) is 0 Å². The van der Waals surface area contributed by atoms with Crippen molar-refractivity contribution < 1.29 is 25.4 Å². The van der Waals surface area contributed by atoms with Crippen LogP contribution in [0.25, 0.3) is 0 Å². The SMILES string of the molecule is CC(C)(C)[Si](C)(C)O[C@H]1C=C(S(=O)(=O)c2ccccc2)[C@H](OS(C)(=O)=O)C1. The fraction of sp³-hybridized carbons (Fsp3) is 0.556. The van der Waals surface area contributed by atoms with Gasteiger partial charge in [-0.05, 0) is 36.3 Å². The average molecular weight is 433 g/mol. The summed E-state index contributed by atoms with van der Waals surface area (Å²) in [4.78, 5) is 0.0501. The van der Waals surface area contributed by atoms with E-state index in [1.54, 1.807) is 18.2 Å². The Morgan fingerprint density at radius 1 is 1.04 bits per heavy atom.